The summed E-state index contributed by atoms with van der Waals surface area (Å²) in [6.45, 7) is 0. The molecule has 0 bridgehead atoms. The van der Waals surface area contributed by atoms with Crippen LogP contribution in [0.15, 0.2) is 33.3 Å². The third kappa shape index (κ3) is 2.62. The number of alkyl halides is 1. The number of rotatable bonds is 3. The second-order valence-electron chi connectivity index (χ2n) is 3.22. The molecule has 0 saturated heterocycles. The highest BCUT2D eigenvalue weighted by Crippen LogP contribution is 2.25. The van der Waals surface area contributed by atoms with Crippen molar-refractivity contribution in [1.82, 2.24) is 4.98 Å². The Morgan fingerprint density at radius 2 is 2.19 bits per heavy atom. The van der Waals surface area contributed by atoms with Crippen molar-refractivity contribution < 1.29 is 8.81 Å². The normalized spacial score (nSPS) is 10.7. The van der Waals surface area contributed by atoms with Gasteiger partial charge in [-0.2, -0.15) is 0 Å². The molecule has 2 nitrogen and oxygen atoms in total. The smallest absolute Gasteiger partial charge is 0.196 e. The molecule has 0 amide bonds. The molecule has 0 N–H and O–H groups in total. The Balaban J connectivity index is 2.34. The largest absolute Gasteiger partial charge is 0.441 e. The van der Waals surface area contributed by atoms with Crippen molar-refractivity contribution in [3.8, 4) is 11.3 Å². The first-order chi connectivity index (χ1) is 7.69. The first-order valence-electron chi connectivity index (χ1n) is 4.66. The van der Waals surface area contributed by atoms with Crippen LogP contribution in [0.1, 0.15) is 5.89 Å². The Hall–Kier alpha value is -0.870. The van der Waals surface area contributed by atoms with E-state index in [-0.39, 0.29) is 5.82 Å². The van der Waals surface area contributed by atoms with Gasteiger partial charge in [0.25, 0.3) is 0 Å². The molecule has 0 atom stereocenters. The van der Waals surface area contributed by atoms with Crippen molar-refractivity contribution in [3.63, 3.8) is 0 Å². The quantitative estimate of drug-likeness (QED) is 0.800. The Morgan fingerprint density at radius 1 is 1.38 bits per heavy atom. The summed E-state index contributed by atoms with van der Waals surface area (Å²) in [5.41, 5.74) is 0.653. The number of nitrogens with zero attached hydrogens (tertiary/aromatic N) is 1. The standard InChI is InChI=1S/C11H8BrClFNO/c12-8-3-7(4-9(14)5-8)10-6-15-11(16-10)1-2-13/h3-6H,1-2H2. The van der Waals surface area contributed by atoms with Crippen molar-refractivity contribution in [2.24, 2.45) is 0 Å². The number of benzene rings is 1. The fraction of sp³-hybridized carbons (Fsp3) is 0.182. The maximum Gasteiger partial charge on any atom is 0.196 e. The molecule has 2 aromatic rings. The van der Waals surface area contributed by atoms with Crippen molar-refractivity contribution in [1.29, 1.82) is 0 Å². The number of oxazole rings is 1. The van der Waals surface area contributed by atoms with Gasteiger partial charge in [-0.15, -0.1) is 11.6 Å². The van der Waals surface area contributed by atoms with Crippen LogP contribution >= 0.6 is 27.5 Å². The average molecular weight is 305 g/mol. The molecule has 1 heterocycles. The van der Waals surface area contributed by atoms with Gasteiger partial charge in [-0.05, 0) is 18.2 Å². The molecule has 0 aliphatic carbocycles. The Bertz CT molecular complexity index is 480. The Morgan fingerprint density at radius 3 is 2.88 bits per heavy atom. The molecule has 16 heavy (non-hydrogen) atoms. The summed E-state index contributed by atoms with van der Waals surface area (Å²) in [4.78, 5) is 4.05. The Kier molecular flexibility index (Phi) is 3.61. The van der Waals surface area contributed by atoms with Gasteiger partial charge in [-0.25, -0.2) is 9.37 Å². The van der Waals surface area contributed by atoms with E-state index in [1.54, 1.807) is 12.3 Å². The molecule has 0 spiro atoms. The van der Waals surface area contributed by atoms with Crippen molar-refractivity contribution in [2.75, 3.05) is 5.88 Å². The molecule has 0 radical (unpaired) electrons. The van der Waals surface area contributed by atoms with Crippen LogP contribution in [0.4, 0.5) is 4.39 Å². The van der Waals surface area contributed by atoms with Crippen LogP contribution < -0.4 is 0 Å². The maximum atomic E-state index is 13.2. The SMILES string of the molecule is Fc1cc(Br)cc(-c2cnc(CCCl)o2)c1. The number of halogens is 3. The number of aromatic nitrogens is 1. The summed E-state index contributed by atoms with van der Waals surface area (Å²) in [6, 6.07) is 4.56. The second kappa shape index (κ2) is 4.97. The monoisotopic (exact) mass is 303 g/mol. The lowest BCUT2D eigenvalue weighted by Crippen LogP contribution is -1.83. The minimum atomic E-state index is -0.320. The first kappa shape index (κ1) is 11.6. The minimum Gasteiger partial charge on any atom is -0.441 e. The van der Waals surface area contributed by atoms with Crippen LogP contribution in [-0.4, -0.2) is 10.9 Å². The van der Waals surface area contributed by atoms with Crippen LogP contribution in [-0.2, 0) is 6.42 Å². The zero-order chi connectivity index (χ0) is 11.5. The molecule has 1 aromatic carbocycles. The third-order valence-corrected chi connectivity index (χ3v) is 2.66. The van der Waals surface area contributed by atoms with Crippen molar-refractivity contribution in [3.05, 3.63) is 40.6 Å². The summed E-state index contributed by atoms with van der Waals surface area (Å²) >= 11 is 8.80. The molecule has 1 aromatic heterocycles. The van der Waals surface area contributed by atoms with E-state index in [9.17, 15) is 4.39 Å². The molecule has 5 heteroatoms. The fourth-order valence-electron chi connectivity index (χ4n) is 1.34. The van der Waals surface area contributed by atoms with Crippen LogP contribution in [0.25, 0.3) is 11.3 Å². The molecule has 0 aliphatic rings. The summed E-state index contributed by atoms with van der Waals surface area (Å²) < 4.78 is 19.3. The predicted molar refractivity (Wildman–Crippen MR) is 64.0 cm³/mol. The summed E-state index contributed by atoms with van der Waals surface area (Å²) in [5, 5.41) is 0. The van der Waals surface area contributed by atoms with E-state index in [4.69, 9.17) is 16.0 Å². The van der Waals surface area contributed by atoms with Crippen molar-refractivity contribution in [2.45, 2.75) is 6.42 Å². The molecular formula is C11H8BrClFNO. The molecular weight excluding hydrogens is 296 g/mol. The molecule has 2 rings (SSSR count). The predicted octanol–water partition coefficient (Wildman–Crippen LogP) is 4.02. The number of hydrogen-bond donors (Lipinski definition) is 0. The van der Waals surface area contributed by atoms with E-state index in [2.05, 4.69) is 20.9 Å². The lowest BCUT2D eigenvalue weighted by atomic mass is 10.2. The van der Waals surface area contributed by atoms with Gasteiger partial charge in [0, 0.05) is 22.3 Å². The molecule has 0 aliphatic heterocycles. The van der Waals surface area contributed by atoms with Gasteiger partial charge in [0.15, 0.2) is 11.7 Å². The number of hydrogen-bond acceptors (Lipinski definition) is 2. The van der Waals surface area contributed by atoms with E-state index in [0.717, 1.165) is 0 Å². The molecule has 0 unspecified atom stereocenters. The van der Waals surface area contributed by atoms with Crippen LogP contribution in [0.5, 0.6) is 0 Å². The van der Waals surface area contributed by atoms with E-state index in [0.29, 0.717) is 34.0 Å². The zero-order valence-corrected chi connectivity index (χ0v) is 10.6. The first-order valence-corrected chi connectivity index (χ1v) is 5.99. The second-order valence-corrected chi connectivity index (χ2v) is 4.51. The van der Waals surface area contributed by atoms with Gasteiger partial charge in [-0.1, -0.05) is 15.9 Å². The van der Waals surface area contributed by atoms with E-state index in [1.807, 2.05) is 0 Å². The highest BCUT2D eigenvalue weighted by molar-refractivity contribution is 9.10. The highest BCUT2D eigenvalue weighted by atomic mass is 79.9. The number of aryl methyl sites for hydroxylation is 1. The van der Waals surface area contributed by atoms with Crippen LogP contribution in [0.2, 0.25) is 0 Å². The van der Waals surface area contributed by atoms with E-state index in [1.165, 1.54) is 12.1 Å². The highest BCUT2D eigenvalue weighted by Gasteiger charge is 2.08. The van der Waals surface area contributed by atoms with Crippen LogP contribution in [0.3, 0.4) is 0 Å². The summed E-state index contributed by atoms with van der Waals surface area (Å²) in [6.07, 6.45) is 2.14. The van der Waals surface area contributed by atoms with Crippen LogP contribution in [0, 0.1) is 5.82 Å². The van der Waals surface area contributed by atoms with Gasteiger partial charge in [0.1, 0.15) is 5.82 Å². The topological polar surface area (TPSA) is 26.0 Å². The van der Waals surface area contributed by atoms with E-state index < -0.39 is 0 Å². The average Bonchev–Trinajstić information content (AvgIpc) is 2.65. The molecule has 84 valence electrons. The zero-order valence-electron chi connectivity index (χ0n) is 8.21. The van der Waals surface area contributed by atoms with Gasteiger partial charge in [0.2, 0.25) is 0 Å². The van der Waals surface area contributed by atoms with Crippen molar-refractivity contribution >= 4 is 27.5 Å². The molecule has 0 fully saturated rings. The maximum absolute atomic E-state index is 13.2. The van der Waals surface area contributed by atoms with Gasteiger partial charge >= 0.3 is 0 Å². The minimum absolute atomic E-state index is 0.320. The Labute approximate surface area is 106 Å². The molecule has 0 saturated carbocycles. The summed E-state index contributed by atoms with van der Waals surface area (Å²) in [7, 11) is 0. The fourth-order valence-corrected chi connectivity index (χ4v) is 1.96. The van der Waals surface area contributed by atoms with Gasteiger partial charge < -0.3 is 4.42 Å². The van der Waals surface area contributed by atoms with Gasteiger partial charge in [0.05, 0.1) is 6.20 Å². The van der Waals surface area contributed by atoms with Gasteiger partial charge in [-0.3, -0.25) is 0 Å². The van der Waals surface area contributed by atoms with E-state index >= 15 is 0 Å². The lowest BCUT2D eigenvalue weighted by molar-refractivity contribution is 0.514. The summed E-state index contributed by atoms with van der Waals surface area (Å²) in [5.74, 6) is 1.23. The third-order valence-electron chi connectivity index (χ3n) is 2.01. The lowest BCUT2D eigenvalue weighted by Gasteiger charge is -1.98.